The standard InChI is InChI=1S/C16H28O2Si/c1-5-7-9-17-19(18-10-8-6-2)16-12-14(3)11-15(4)13-16/h11-13,19H,5-10H2,1-4H3. The van der Waals surface area contributed by atoms with E-state index in [4.69, 9.17) is 8.85 Å². The van der Waals surface area contributed by atoms with Crippen LogP contribution in [0.25, 0.3) is 0 Å². The van der Waals surface area contributed by atoms with E-state index in [1.54, 1.807) is 0 Å². The summed E-state index contributed by atoms with van der Waals surface area (Å²) in [6.07, 6.45) is 4.57. The molecule has 2 nitrogen and oxygen atoms in total. The summed E-state index contributed by atoms with van der Waals surface area (Å²) in [6.45, 7) is 10.3. The van der Waals surface area contributed by atoms with Gasteiger partial charge in [0.1, 0.15) is 0 Å². The summed E-state index contributed by atoms with van der Waals surface area (Å²) in [7, 11) is -1.71. The Hall–Kier alpha value is -0.643. The van der Waals surface area contributed by atoms with E-state index in [-0.39, 0.29) is 0 Å². The summed E-state index contributed by atoms with van der Waals surface area (Å²) in [6, 6.07) is 6.65. The molecule has 0 radical (unpaired) electrons. The molecule has 1 aromatic rings. The number of hydrogen-bond acceptors (Lipinski definition) is 2. The van der Waals surface area contributed by atoms with E-state index in [0.29, 0.717) is 0 Å². The Labute approximate surface area is 120 Å². The predicted octanol–water partition coefficient (Wildman–Crippen LogP) is 3.36. The fraction of sp³-hybridized carbons (Fsp3) is 0.625. The van der Waals surface area contributed by atoms with Crippen molar-refractivity contribution < 1.29 is 8.85 Å². The van der Waals surface area contributed by atoms with E-state index in [1.165, 1.54) is 29.2 Å². The lowest BCUT2D eigenvalue weighted by Gasteiger charge is -2.18. The molecule has 1 aromatic carbocycles. The summed E-state index contributed by atoms with van der Waals surface area (Å²) in [5.41, 5.74) is 2.59. The van der Waals surface area contributed by atoms with Crippen molar-refractivity contribution in [3.05, 3.63) is 29.3 Å². The summed E-state index contributed by atoms with van der Waals surface area (Å²) in [5, 5.41) is 1.28. The first-order valence-corrected chi connectivity index (χ1v) is 9.00. The molecular formula is C16H28O2Si. The summed E-state index contributed by atoms with van der Waals surface area (Å²) in [4.78, 5) is 0. The quantitative estimate of drug-likeness (QED) is 0.510. The second-order valence-corrected chi connectivity index (χ2v) is 7.20. The molecule has 0 aliphatic carbocycles. The maximum absolute atomic E-state index is 6.04. The van der Waals surface area contributed by atoms with Crippen LogP contribution in [-0.4, -0.2) is 22.5 Å². The lowest BCUT2D eigenvalue weighted by atomic mass is 10.2. The van der Waals surface area contributed by atoms with Gasteiger partial charge in [-0.15, -0.1) is 0 Å². The zero-order valence-corrected chi connectivity index (χ0v) is 14.0. The summed E-state index contributed by atoms with van der Waals surface area (Å²) >= 11 is 0. The third-order valence-electron chi connectivity index (χ3n) is 3.05. The monoisotopic (exact) mass is 280 g/mol. The second-order valence-electron chi connectivity index (χ2n) is 5.20. The Kier molecular flexibility index (Phi) is 8.02. The molecule has 3 heteroatoms. The van der Waals surface area contributed by atoms with Crippen molar-refractivity contribution in [2.24, 2.45) is 0 Å². The van der Waals surface area contributed by atoms with Gasteiger partial charge >= 0.3 is 9.28 Å². The lowest BCUT2D eigenvalue weighted by molar-refractivity contribution is 0.202. The van der Waals surface area contributed by atoms with Crippen LogP contribution < -0.4 is 5.19 Å². The Bertz CT molecular complexity index is 336. The van der Waals surface area contributed by atoms with Crippen LogP contribution in [0.3, 0.4) is 0 Å². The average Bonchev–Trinajstić information content (AvgIpc) is 2.36. The molecule has 0 aromatic heterocycles. The van der Waals surface area contributed by atoms with Crippen LogP contribution in [0.4, 0.5) is 0 Å². The van der Waals surface area contributed by atoms with Crippen molar-refractivity contribution in [2.75, 3.05) is 13.2 Å². The third kappa shape index (κ3) is 6.37. The number of unbranched alkanes of at least 4 members (excludes halogenated alkanes) is 2. The maximum atomic E-state index is 6.04. The first kappa shape index (κ1) is 16.4. The van der Waals surface area contributed by atoms with Gasteiger partial charge in [-0.1, -0.05) is 56.0 Å². The molecule has 0 amide bonds. The van der Waals surface area contributed by atoms with Crippen molar-refractivity contribution in [1.82, 2.24) is 0 Å². The van der Waals surface area contributed by atoms with Gasteiger partial charge in [0.05, 0.1) is 0 Å². The van der Waals surface area contributed by atoms with Crippen LogP contribution in [0, 0.1) is 13.8 Å². The predicted molar refractivity (Wildman–Crippen MR) is 84.4 cm³/mol. The number of hydrogen-bond donors (Lipinski definition) is 0. The van der Waals surface area contributed by atoms with Crippen LogP contribution in [0.5, 0.6) is 0 Å². The Balaban J connectivity index is 2.69. The van der Waals surface area contributed by atoms with Gasteiger partial charge in [0.25, 0.3) is 0 Å². The molecule has 0 spiro atoms. The molecule has 0 fully saturated rings. The molecule has 0 saturated carbocycles. The first-order chi connectivity index (χ1) is 9.17. The second kappa shape index (κ2) is 9.29. The molecule has 0 heterocycles. The first-order valence-electron chi connectivity index (χ1n) is 7.48. The fourth-order valence-electron chi connectivity index (χ4n) is 2.06. The zero-order valence-electron chi connectivity index (χ0n) is 12.9. The minimum atomic E-state index is -1.71. The average molecular weight is 280 g/mol. The normalized spacial score (nSPS) is 11.2. The van der Waals surface area contributed by atoms with E-state index >= 15 is 0 Å². The van der Waals surface area contributed by atoms with Crippen molar-refractivity contribution >= 4 is 14.5 Å². The van der Waals surface area contributed by atoms with Crippen LogP contribution >= 0.6 is 0 Å². The largest absolute Gasteiger partial charge is 0.393 e. The molecule has 0 aliphatic heterocycles. The lowest BCUT2D eigenvalue weighted by Crippen LogP contribution is -2.38. The van der Waals surface area contributed by atoms with E-state index in [2.05, 4.69) is 45.9 Å². The van der Waals surface area contributed by atoms with E-state index < -0.39 is 9.28 Å². The number of rotatable bonds is 9. The molecule has 0 aliphatic rings. The molecule has 108 valence electrons. The smallest absolute Gasteiger partial charge is 0.355 e. The molecule has 0 saturated heterocycles. The maximum Gasteiger partial charge on any atom is 0.355 e. The topological polar surface area (TPSA) is 18.5 Å². The molecule has 0 bridgehead atoms. The number of benzene rings is 1. The van der Waals surface area contributed by atoms with Gasteiger partial charge in [-0.05, 0) is 31.9 Å². The van der Waals surface area contributed by atoms with Gasteiger partial charge in [-0.25, -0.2) is 0 Å². The van der Waals surface area contributed by atoms with Gasteiger partial charge in [0.2, 0.25) is 0 Å². The Morgan fingerprint density at radius 1 is 0.842 bits per heavy atom. The minimum absolute atomic E-state index is 0.826. The molecule has 19 heavy (non-hydrogen) atoms. The van der Waals surface area contributed by atoms with Gasteiger partial charge in [0.15, 0.2) is 0 Å². The summed E-state index contributed by atoms with van der Waals surface area (Å²) < 4.78 is 12.1. The third-order valence-corrected chi connectivity index (χ3v) is 5.00. The minimum Gasteiger partial charge on any atom is -0.393 e. The van der Waals surface area contributed by atoms with E-state index in [9.17, 15) is 0 Å². The molecule has 1 rings (SSSR count). The fourth-order valence-corrected chi connectivity index (χ4v) is 4.10. The Morgan fingerprint density at radius 2 is 1.32 bits per heavy atom. The van der Waals surface area contributed by atoms with E-state index in [0.717, 1.165) is 26.1 Å². The SMILES string of the molecule is CCCCO[SiH](OCCCC)c1cc(C)cc(C)c1. The number of aryl methyl sites for hydroxylation is 2. The van der Waals surface area contributed by atoms with Crippen molar-refractivity contribution in [3.63, 3.8) is 0 Å². The van der Waals surface area contributed by atoms with Crippen LogP contribution in [0.2, 0.25) is 0 Å². The van der Waals surface area contributed by atoms with Gasteiger partial charge < -0.3 is 8.85 Å². The highest BCUT2D eigenvalue weighted by atomic mass is 28.3. The van der Waals surface area contributed by atoms with Crippen LogP contribution in [0.1, 0.15) is 50.7 Å². The van der Waals surface area contributed by atoms with Gasteiger partial charge in [-0.2, -0.15) is 0 Å². The van der Waals surface area contributed by atoms with Crippen LogP contribution in [0.15, 0.2) is 18.2 Å². The van der Waals surface area contributed by atoms with Crippen LogP contribution in [-0.2, 0) is 8.85 Å². The highest BCUT2D eigenvalue weighted by molar-refractivity contribution is 6.61. The van der Waals surface area contributed by atoms with Crippen molar-refractivity contribution in [3.8, 4) is 0 Å². The highest BCUT2D eigenvalue weighted by Gasteiger charge is 2.17. The molecule has 0 N–H and O–H groups in total. The Morgan fingerprint density at radius 3 is 1.74 bits per heavy atom. The molecule has 0 unspecified atom stereocenters. The molecular weight excluding hydrogens is 252 g/mol. The summed E-state index contributed by atoms with van der Waals surface area (Å²) in [5.74, 6) is 0. The van der Waals surface area contributed by atoms with Gasteiger partial charge in [-0.3, -0.25) is 0 Å². The van der Waals surface area contributed by atoms with Crippen molar-refractivity contribution in [2.45, 2.75) is 53.4 Å². The molecule has 0 atom stereocenters. The van der Waals surface area contributed by atoms with E-state index in [1.807, 2.05) is 0 Å². The highest BCUT2D eigenvalue weighted by Crippen LogP contribution is 2.04. The van der Waals surface area contributed by atoms with Crippen molar-refractivity contribution in [1.29, 1.82) is 0 Å². The van der Waals surface area contributed by atoms with Gasteiger partial charge in [0, 0.05) is 13.2 Å². The zero-order chi connectivity index (χ0) is 14.1.